The number of hydrogen-bond donors (Lipinski definition) is 1. The highest BCUT2D eigenvalue weighted by molar-refractivity contribution is 8.18. The number of amides is 1. The second-order valence-electron chi connectivity index (χ2n) is 7.80. The van der Waals surface area contributed by atoms with Gasteiger partial charge in [0.1, 0.15) is 0 Å². The van der Waals surface area contributed by atoms with Gasteiger partial charge in [-0.2, -0.15) is 0 Å². The Morgan fingerprint density at radius 1 is 0.900 bits per heavy atom. The van der Waals surface area contributed by atoms with Crippen LogP contribution in [0.4, 0.5) is 0 Å². The van der Waals surface area contributed by atoms with Crippen molar-refractivity contribution in [1.82, 2.24) is 15.1 Å². The molecule has 1 N–H and O–H groups in total. The molecule has 0 radical (unpaired) electrons. The van der Waals surface area contributed by atoms with Crippen molar-refractivity contribution in [2.24, 2.45) is 0 Å². The largest absolute Gasteiger partial charge is 0.348 e. The Balaban J connectivity index is 2.28. The van der Waals surface area contributed by atoms with Gasteiger partial charge >= 0.3 is 0 Å². The Labute approximate surface area is 186 Å². The van der Waals surface area contributed by atoms with E-state index in [0.29, 0.717) is 5.49 Å². The molecule has 0 saturated carbocycles. The highest BCUT2D eigenvalue weighted by Crippen LogP contribution is 2.38. The number of thioether (sulfide) groups is 1. The molecule has 0 unspecified atom stereocenters. The van der Waals surface area contributed by atoms with E-state index in [1.807, 2.05) is 0 Å². The summed E-state index contributed by atoms with van der Waals surface area (Å²) in [6.45, 7) is 3.26. The molecule has 7 heteroatoms. The molecule has 30 heavy (non-hydrogen) atoms. The first kappa shape index (κ1) is 24.5. The van der Waals surface area contributed by atoms with Crippen LogP contribution in [0.5, 0.6) is 0 Å². The maximum Gasteiger partial charge on any atom is 0.217 e. The third-order valence-electron chi connectivity index (χ3n) is 4.28. The maximum atomic E-state index is 12.3. The predicted octanol–water partition coefficient (Wildman–Crippen LogP) is 2.60. The minimum Gasteiger partial charge on any atom is -0.348 e. The summed E-state index contributed by atoms with van der Waals surface area (Å²) in [5, 5.41) is 5.13. The van der Waals surface area contributed by atoms with Crippen LogP contribution in [0, 0.1) is 0 Å². The molecule has 162 valence electrons. The number of benzene rings is 2. The lowest BCUT2D eigenvalue weighted by atomic mass is 10.2. The summed E-state index contributed by atoms with van der Waals surface area (Å²) in [6.07, 6.45) is 0. The zero-order chi connectivity index (χ0) is 22.1. The first-order chi connectivity index (χ1) is 14.2. The monoisotopic (exact) mass is 445 g/mol. The van der Waals surface area contributed by atoms with Crippen LogP contribution in [0.1, 0.15) is 18.1 Å². The summed E-state index contributed by atoms with van der Waals surface area (Å²) < 4.78 is 0. The SMILES string of the molecule is CC(=O)NCC(=O)SCP(c1cccc(CN(C)C)c1)c1cccc(CN(C)C)c1. The molecule has 0 bridgehead atoms. The summed E-state index contributed by atoms with van der Waals surface area (Å²) >= 11 is 1.31. The number of nitrogens with one attached hydrogen (secondary N) is 1. The van der Waals surface area contributed by atoms with Crippen LogP contribution in [0.2, 0.25) is 0 Å². The normalized spacial score (nSPS) is 11.3. The molecule has 2 aromatic carbocycles. The van der Waals surface area contributed by atoms with E-state index >= 15 is 0 Å². The number of rotatable bonds is 10. The highest BCUT2D eigenvalue weighted by atomic mass is 32.2. The van der Waals surface area contributed by atoms with E-state index in [2.05, 4.69) is 91.8 Å². The lowest BCUT2D eigenvalue weighted by Crippen LogP contribution is -2.26. The zero-order valence-electron chi connectivity index (χ0n) is 18.5. The molecule has 0 spiro atoms. The van der Waals surface area contributed by atoms with Crippen LogP contribution < -0.4 is 15.9 Å². The summed E-state index contributed by atoms with van der Waals surface area (Å²) in [6, 6.07) is 17.4. The molecular formula is C23H32N3O2PS. The quantitative estimate of drug-likeness (QED) is 0.570. The van der Waals surface area contributed by atoms with E-state index in [0.717, 1.165) is 13.1 Å². The van der Waals surface area contributed by atoms with E-state index in [-0.39, 0.29) is 17.6 Å². The van der Waals surface area contributed by atoms with Crippen LogP contribution in [0.25, 0.3) is 0 Å². The van der Waals surface area contributed by atoms with E-state index in [1.165, 1.54) is 40.4 Å². The Bertz CT molecular complexity index is 804. The molecule has 5 nitrogen and oxygen atoms in total. The summed E-state index contributed by atoms with van der Waals surface area (Å²) in [4.78, 5) is 27.7. The molecule has 0 aliphatic heterocycles. The second-order valence-corrected chi connectivity index (χ2v) is 11.5. The second kappa shape index (κ2) is 12.2. The maximum absolute atomic E-state index is 12.3. The topological polar surface area (TPSA) is 52.7 Å². The van der Waals surface area contributed by atoms with Crippen LogP contribution >= 0.6 is 19.7 Å². The van der Waals surface area contributed by atoms with Crippen molar-refractivity contribution in [3.05, 3.63) is 59.7 Å². The number of nitrogens with zero attached hydrogens (tertiary/aromatic N) is 2. The van der Waals surface area contributed by atoms with Gasteiger partial charge in [0.2, 0.25) is 11.0 Å². The van der Waals surface area contributed by atoms with Crippen molar-refractivity contribution in [2.75, 3.05) is 40.2 Å². The minimum atomic E-state index is -0.699. The van der Waals surface area contributed by atoms with Crippen molar-refractivity contribution in [1.29, 1.82) is 0 Å². The van der Waals surface area contributed by atoms with Crippen LogP contribution in [-0.4, -0.2) is 61.1 Å². The minimum absolute atomic E-state index is 0.00778. The lowest BCUT2D eigenvalue weighted by Gasteiger charge is -2.21. The number of carbonyl (C=O) groups excluding carboxylic acids is 2. The average molecular weight is 446 g/mol. The van der Waals surface area contributed by atoms with Gasteiger partial charge in [0.05, 0.1) is 6.54 Å². The van der Waals surface area contributed by atoms with Crippen LogP contribution in [0.3, 0.4) is 0 Å². The smallest absolute Gasteiger partial charge is 0.217 e. The van der Waals surface area contributed by atoms with Gasteiger partial charge in [-0.05, 0) is 70.0 Å². The standard InChI is InChI=1S/C23H32N3O2PS/c1-18(27)24-14-23(28)30-17-29(21-10-6-8-19(12-21)15-25(2)3)22-11-7-9-20(13-22)16-26(4)5/h6-13H,14-17H2,1-5H3,(H,24,27). The fourth-order valence-electron chi connectivity index (χ4n) is 3.06. The highest BCUT2D eigenvalue weighted by Gasteiger charge is 2.17. The Kier molecular flexibility index (Phi) is 9.99. The molecule has 0 saturated heterocycles. The fourth-order valence-corrected chi connectivity index (χ4v) is 6.99. The molecule has 0 aliphatic carbocycles. The number of hydrogen-bond acceptors (Lipinski definition) is 5. The Morgan fingerprint density at radius 2 is 1.40 bits per heavy atom. The summed E-state index contributed by atoms with van der Waals surface area (Å²) in [5.74, 6) is -0.181. The van der Waals surface area contributed by atoms with Gasteiger partial charge in [-0.15, -0.1) is 0 Å². The predicted molar refractivity (Wildman–Crippen MR) is 130 cm³/mol. The van der Waals surface area contributed by atoms with Gasteiger partial charge in [-0.25, -0.2) is 0 Å². The van der Waals surface area contributed by atoms with Crippen molar-refractivity contribution < 1.29 is 9.59 Å². The first-order valence-electron chi connectivity index (χ1n) is 9.89. The third kappa shape index (κ3) is 8.57. The average Bonchev–Trinajstić information content (AvgIpc) is 2.66. The zero-order valence-corrected chi connectivity index (χ0v) is 20.2. The lowest BCUT2D eigenvalue weighted by molar-refractivity contribution is -0.121. The van der Waals surface area contributed by atoms with Gasteiger partial charge in [0, 0.05) is 25.5 Å². The number of carbonyl (C=O) groups is 2. The van der Waals surface area contributed by atoms with E-state index in [9.17, 15) is 9.59 Å². The van der Waals surface area contributed by atoms with Crippen molar-refractivity contribution >= 4 is 41.3 Å². The third-order valence-corrected chi connectivity index (χ3v) is 8.10. The van der Waals surface area contributed by atoms with Crippen LogP contribution in [0.15, 0.2) is 48.5 Å². The van der Waals surface area contributed by atoms with Gasteiger partial charge in [0.15, 0.2) is 0 Å². The molecular weight excluding hydrogens is 413 g/mol. The fraction of sp³-hybridized carbons (Fsp3) is 0.391. The molecule has 0 aromatic heterocycles. The van der Waals surface area contributed by atoms with Gasteiger partial charge in [-0.3, -0.25) is 9.59 Å². The summed E-state index contributed by atoms with van der Waals surface area (Å²) in [5.41, 5.74) is 3.23. The molecule has 0 heterocycles. The molecule has 0 fully saturated rings. The van der Waals surface area contributed by atoms with Crippen LogP contribution in [-0.2, 0) is 22.7 Å². The molecule has 2 rings (SSSR count). The van der Waals surface area contributed by atoms with Crippen molar-refractivity contribution in [2.45, 2.75) is 20.0 Å². The molecule has 2 aromatic rings. The molecule has 0 atom stereocenters. The molecule has 0 aliphatic rings. The van der Waals surface area contributed by atoms with E-state index in [4.69, 9.17) is 0 Å². The molecule has 1 amide bonds. The van der Waals surface area contributed by atoms with Gasteiger partial charge < -0.3 is 15.1 Å². The van der Waals surface area contributed by atoms with Crippen molar-refractivity contribution in [3.8, 4) is 0 Å². The Hall–Kier alpha value is -1.72. The first-order valence-corrected chi connectivity index (χ1v) is 12.4. The van der Waals surface area contributed by atoms with Gasteiger partial charge in [0.25, 0.3) is 0 Å². The van der Waals surface area contributed by atoms with Crippen molar-refractivity contribution in [3.63, 3.8) is 0 Å². The van der Waals surface area contributed by atoms with Gasteiger partial charge in [-0.1, -0.05) is 48.2 Å². The Morgan fingerprint density at radius 3 is 1.83 bits per heavy atom. The van der Waals surface area contributed by atoms with E-state index < -0.39 is 7.92 Å². The summed E-state index contributed by atoms with van der Waals surface area (Å²) in [7, 11) is 7.57. The van der Waals surface area contributed by atoms with E-state index in [1.54, 1.807) is 0 Å².